The van der Waals surface area contributed by atoms with Crippen molar-refractivity contribution in [1.29, 1.82) is 0 Å². The second-order valence-electron chi connectivity index (χ2n) is 8.81. The summed E-state index contributed by atoms with van der Waals surface area (Å²) in [5.41, 5.74) is 3.13. The van der Waals surface area contributed by atoms with Gasteiger partial charge in [0, 0.05) is 31.2 Å². The van der Waals surface area contributed by atoms with Crippen molar-refractivity contribution in [3.05, 3.63) is 23.0 Å². The lowest BCUT2D eigenvalue weighted by Crippen LogP contribution is -2.34. The van der Waals surface area contributed by atoms with Crippen molar-refractivity contribution in [2.45, 2.75) is 52.4 Å². The van der Waals surface area contributed by atoms with Crippen LogP contribution in [0.1, 0.15) is 67.7 Å². The zero-order valence-electron chi connectivity index (χ0n) is 16.0. The van der Waals surface area contributed by atoms with Gasteiger partial charge in [-0.2, -0.15) is 0 Å². The van der Waals surface area contributed by atoms with Crippen LogP contribution in [-0.4, -0.2) is 47.1 Å². The molecule has 1 saturated carbocycles. The van der Waals surface area contributed by atoms with Gasteiger partial charge in [-0.1, -0.05) is 25.9 Å². The number of carbonyl (C=O) groups is 1. The van der Waals surface area contributed by atoms with E-state index in [4.69, 9.17) is 4.52 Å². The van der Waals surface area contributed by atoms with Crippen molar-refractivity contribution in [1.82, 2.24) is 20.4 Å². The fraction of sp³-hybridized carbons (Fsp3) is 0.650. The second kappa shape index (κ2) is 6.65. The van der Waals surface area contributed by atoms with E-state index in [0.717, 1.165) is 74.2 Å². The van der Waals surface area contributed by atoms with Crippen LogP contribution >= 0.6 is 0 Å². The molecule has 140 valence electrons. The van der Waals surface area contributed by atoms with E-state index < -0.39 is 0 Å². The number of aromatic nitrogens is 2. The van der Waals surface area contributed by atoms with Gasteiger partial charge in [0.25, 0.3) is 11.6 Å². The summed E-state index contributed by atoms with van der Waals surface area (Å²) < 4.78 is 5.57. The molecule has 1 amide bonds. The number of carbonyl (C=O) groups excluding carboxylic acids is 1. The monoisotopic (exact) mass is 356 g/mol. The van der Waals surface area contributed by atoms with E-state index in [1.54, 1.807) is 0 Å². The van der Waals surface area contributed by atoms with Gasteiger partial charge in [0.05, 0.1) is 16.6 Å². The highest BCUT2D eigenvalue weighted by molar-refractivity contribution is 6.06. The van der Waals surface area contributed by atoms with E-state index in [2.05, 4.69) is 36.2 Å². The third kappa shape index (κ3) is 3.61. The Labute approximate surface area is 154 Å². The zero-order valence-corrected chi connectivity index (χ0v) is 16.0. The number of amides is 1. The Hall–Kier alpha value is -1.95. The number of hydrogen-bond acceptors (Lipinski definition) is 5. The quantitative estimate of drug-likeness (QED) is 0.915. The van der Waals surface area contributed by atoms with Crippen molar-refractivity contribution in [3.63, 3.8) is 0 Å². The summed E-state index contributed by atoms with van der Waals surface area (Å²) in [5, 5.41) is 8.46. The van der Waals surface area contributed by atoms with Crippen LogP contribution in [0.25, 0.3) is 11.1 Å². The fourth-order valence-corrected chi connectivity index (χ4v) is 3.63. The predicted octanol–water partition coefficient (Wildman–Crippen LogP) is 3.12. The number of nitrogens with zero attached hydrogens (tertiary/aromatic N) is 3. The van der Waals surface area contributed by atoms with Crippen molar-refractivity contribution >= 4 is 17.0 Å². The molecule has 2 aromatic rings. The van der Waals surface area contributed by atoms with Crippen LogP contribution in [0.3, 0.4) is 0 Å². The Morgan fingerprint density at radius 2 is 2.12 bits per heavy atom. The zero-order chi connectivity index (χ0) is 18.3. The SMILES string of the molecule is CC(C)(C)Cc1noc2nc(C3CC3)cc(C(=O)N3CCCNCC3)c12. The molecule has 0 atom stereocenters. The van der Waals surface area contributed by atoms with Gasteiger partial charge in [0.15, 0.2) is 0 Å². The van der Waals surface area contributed by atoms with Crippen molar-refractivity contribution in [2.75, 3.05) is 26.2 Å². The number of pyridine rings is 1. The maximum Gasteiger partial charge on any atom is 0.259 e. The average molecular weight is 356 g/mol. The summed E-state index contributed by atoms with van der Waals surface area (Å²) in [6.45, 7) is 9.83. The lowest BCUT2D eigenvalue weighted by Gasteiger charge is -2.21. The molecule has 0 radical (unpaired) electrons. The van der Waals surface area contributed by atoms with Crippen molar-refractivity contribution in [2.24, 2.45) is 5.41 Å². The van der Waals surface area contributed by atoms with Crippen LogP contribution in [0.5, 0.6) is 0 Å². The molecule has 3 heterocycles. The maximum atomic E-state index is 13.4. The standard InChI is InChI=1S/C20H28N4O2/c1-20(2,3)12-16-17-14(19(25)24-9-4-7-21-8-10-24)11-15(13-5-6-13)22-18(17)26-23-16/h11,13,21H,4-10,12H2,1-3H3. The molecule has 1 N–H and O–H groups in total. The molecule has 0 aromatic carbocycles. The molecule has 4 rings (SSSR count). The summed E-state index contributed by atoms with van der Waals surface area (Å²) >= 11 is 0. The Morgan fingerprint density at radius 3 is 2.85 bits per heavy atom. The van der Waals surface area contributed by atoms with Crippen LogP contribution in [0.15, 0.2) is 10.6 Å². The maximum absolute atomic E-state index is 13.4. The van der Waals surface area contributed by atoms with Crippen LogP contribution in [0, 0.1) is 5.41 Å². The van der Waals surface area contributed by atoms with E-state index in [9.17, 15) is 4.79 Å². The molecule has 0 bridgehead atoms. The molecule has 2 fully saturated rings. The van der Waals surface area contributed by atoms with Gasteiger partial charge in [-0.25, -0.2) is 4.98 Å². The van der Waals surface area contributed by atoms with E-state index in [1.807, 2.05) is 11.0 Å². The smallest absolute Gasteiger partial charge is 0.259 e. The highest BCUT2D eigenvalue weighted by atomic mass is 16.5. The summed E-state index contributed by atoms with van der Waals surface area (Å²) in [6, 6.07) is 2.00. The van der Waals surface area contributed by atoms with Gasteiger partial charge < -0.3 is 14.7 Å². The average Bonchev–Trinajstić information content (AvgIpc) is 3.39. The molecule has 6 heteroatoms. The molecule has 1 aliphatic heterocycles. The number of hydrogen-bond donors (Lipinski definition) is 1. The van der Waals surface area contributed by atoms with Crippen molar-refractivity contribution in [3.8, 4) is 0 Å². The van der Waals surface area contributed by atoms with Gasteiger partial charge in [0.1, 0.15) is 0 Å². The number of fused-ring (bicyclic) bond motifs is 1. The fourth-order valence-electron chi connectivity index (χ4n) is 3.63. The highest BCUT2D eigenvalue weighted by Crippen LogP contribution is 2.41. The number of nitrogens with one attached hydrogen (secondary N) is 1. The van der Waals surface area contributed by atoms with Crippen LogP contribution < -0.4 is 5.32 Å². The van der Waals surface area contributed by atoms with Gasteiger partial charge in [-0.05, 0) is 43.7 Å². The molecule has 1 saturated heterocycles. The van der Waals surface area contributed by atoms with Crippen LogP contribution in [0.2, 0.25) is 0 Å². The molecule has 0 spiro atoms. The molecule has 2 aliphatic rings. The topological polar surface area (TPSA) is 71.3 Å². The first-order valence-electron chi connectivity index (χ1n) is 9.71. The second-order valence-corrected chi connectivity index (χ2v) is 8.81. The first-order chi connectivity index (χ1) is 12.4. The van der Waals surface area contributed by atoms with E-state index in [0.29, 0.717) is 11.6 Å². The molecule has 1 aliphatic carbocycles. The number of rotatable bonds is 3. The Balaban J connectivity index is 1.78. The lowest BCUT2D eigenvalue weighted by molar-refractivity contribution is 0.0768. The van der Waals surface area contributed by atoms with Crippen LogP contribution in [0.4, 0.5) is 0 Å². The normalized spacial score (nSPS) is 19.0. The molecular weight excluding hydrogens is 328 g/mol. The first kappa shape index (κ1) is 17.5. The minimum Gasteiger partial charge on any atom is -0.337 e. The lowest BCUT2D eigenvalue weighted by atomic mass is 9.89. The molecule has 26 heavy (non-hydrogen) atoms. The molecule has 6 nitrogen and oxygen atoms in total. The predicted molar refractivity (Wildman–Crippen MR) is 100 cm³/mol. The highest BCUT2D eigenvalue weighted by Gasteiger charge is 2.31. The Bertz CT molecular complexity index is 809. The molecular formula is C20H28N4O2. The minimum atomic E-state index is 0.0613. The summed E-state index contributed by atoms with van der Waals surface area (Å²) in [4.78, 5) is 20.0. The van der Waals surface area contributed by atoms with Gasteiger partial charge in [-0.3, -0.25) is 4.79 Å². The van der Waals surface area contributed by atoms with E-state index in [1.165, 1.54) is 0 Å². The summed E-state index contributed by atoms with van der Waals surface area (Å²) in [5.74, 6) is 0.550. The molecule has 0 unspecified atom stereocenters. The first-order valence-corrected chi connectivity index (χ1v) is 9.71. The third-order valence-electron chi connectivity index (χ3n) is 5.09. The summed E-state index contributed by atoms with van der Waals surface area (Å²) in [6.07, 6.45) is 4.02. The van der Waals surface area contributed by atoms with Gasteiger partial charge in [0.2, 0.25) is 0 Å². The largest absolute Gasteiger partial charge is 0.337 e. The van der Waals surface area contributed by atoms with Crippen LogP contribution in [-0.2, 0) is 6.42 Å². The van der Waals surface area contributed by atoms with Gasteiger partial charge >= 0.3 is 0 Å². The summed E-state index contributed by atoms with van der Waals surface area (Å²) in [7, 11) is 0. The van der Waals surface area contributed by atoms with Gasteiger partial charge in [-0.15, -0.1) is 0 Å². The van der Waals surface area contributed by atoms with Crippen molar-refractivity contribution < 1.29 is 9.32 Å². The Morgan fingerprint density at radius 1 is 1.31 bits per heavy atom. The van der Waals surface area contributed by atoms with E-state index in [-0.39, 0.29) is 11.3 Å². The molecule has 2 aromatic heterocycles. The Kier molecular flexibility index (Phi) is 4.47. The third-order valence-corrected chi connectivity index (χ3v) is 5.09. The minimum absolute atomic E-state index is 0.0613. The van der Waals surface area contributed by atoms with E-state index >= 15 is 0 Å².